The Morgan fingerprint density at radius 1 is 1.20 bits per heavy atom. The lowest BCUT2D eigenvalue weighted by atomic mass is 9.91. The third-order valence-corrected chi connectivity index (χ3v) is 5.42. The topological polar surface area (TPSA) is 40.6 Å². The summed E-state index contributed by atoms with van der Waals surface area (Å²) >= 11 is 0. The van der Waals surface area contributed by atoms with Crippen LogP contribution in [0.4, 0.5) is 4.39 Å². The van der Waals surface area contributed by atoms with E-state index in [0.29, 0.717) is 25.3 Å². The largest absolute Gasteiger partial charge is 0.342 e. The molecule has 5 heteroatoms. The first-order chi connectivity index (χ1) is 12.1. The highest BCUT2D eigenvalue weighted by Gasteiger charge is 2.25. The van der Waals surface area contributed by atoms with Crippen molar-refractivity contribution < 1.29 is 14.0 Å². The molecule has 3 rings (SSSR count). The molecule has 2 fully saturated rings. The molecular weight excluding hydrogens is 319 g/mol. The first-order valence-electron chi connectivity index (χ1n) is 9.42. The van der Waals surface area contributed by atoms with E-state index in [2.05, 4.69) is 0 Å². The van der Waals surface area contributed by atoms with Crippen LogP contribution >= 0.6 is 0 Å². The second kappa shape index (κ2) is 8.45. The van der Waals surface area contributed by atoms with Crippen LogP contribution in [-0.2, 0) is 16.0 Å². The Balaban J connectivity index is 1.44. The zero-order valence-electron chi connectivity index (χ0n) is 14.8. The lowest BCUT2D eigenvalue weighted by Gasteiger charge is -2.33. The highest BCUT2D eigenvalue weighted by molar-refractivity contribution is 5.80. The van der Waals surface area contributed by atoms with E-state index in [4.69, 9.17) is 0 Å². The Bertz CT molecular complexity index is 619. The molecule has 1 unspecified atom stereocenters. The molecule has 0 radical (unpaired) electrons. The number of nitrogens with zero attached hydrogens (tertiary/aromatic N) is 2. The van der Waals surface area contributed by atoms with E-state index in [0.717, 1.165) is 57.3 Å². The maximum atomic E-state index is 13.7. The van der Waals surface area contributed by atoms with Crippen LogP contribution in [0.1, 0.15) is 44.1 Å². The van der Waals surface area contributed by atoms with Crippen molar-refractivity contribution in [2.24, 2.45) is 5.92 Å². The molecule has 2 saturated heterocycles. The number of likely N-dealkylation sites (tertiary alicyclic amines) is 2. The number of carbonyl (C=O) groups excluding carboxylic acids is 2. The molecule has 2 aliphatic heterocycles. The number of carbonyl (C=O) groups is 2. The van der Waals surface area contributed by atoms with Crippen LogP contribution in [0.15, 0.2) is 24.3 Å². The molecule has 0 N–H and O–H groups in total. The van der Waals surface area contributed by atoms with Crippen LogP contribution in [0.2, 0.25) is 0 Å². The second-order valence-corrected chi connectivity index (χ2v) is 7.21. The van der Waals surface area contributed by atoms with Crippen molar-refractivity contribution in [2.75, 3.05) is 26.2 Å². The van der Waals surface area contributed by atoms with Gasteiger partial charge in [0.25, 0.3) is 0 Å². The first-order valence-corrected chi connectivity index (χ1v) is 9.42. The number of benzene rings is 1. The monoisotopic (exact) mass is 346 g/mol. The van der Waals surface area contributed by atoms with Gasteiger partial charge in [0.15, 0.2) is 0 Å². The molecule has 2 amide bonds. The van der Waals surface area contributed by atoms with Gasteiger partial charge in [-0.2, -0.15) is 0 Å². The molecule has 1 aromatic carbocycles. The van der Waals surface area contributed by atoms with Crippen LogP contribution in [-0.4, -0.2) is 47.8 Å². The van der Waals surface area contributed by atoms with Crippen LogP contribution in [0, 0.1) is 11.7 Å². The lowest BCUT2D eigenvalue weighted by molar-refractivity contribution is -0.134. The number of hydrogen-bond acceptors (Lipinski definition) is 2. The van der Waals surface area contributed by atoms with Crippen molar-refractivity contribution in [3.05, 3.63) is 35.6 Å². The van der Waals surface area contributed by atoms with Gasteiger partial charge in [0.2, 0.25) is 11.8 Å². The van der Waals surface area contributed by atoms with Gasteiger partial charge in [0, 0.05) is 39.0 Å². The van der Waals surface area contributed by atoms with Gasteiger partial charge in [-0.3, -0.25) is 9.59 Å². The maximum Gasteiger partial charge on any atom is 0.224 e. The minimum absolute atomic E-state index is 0.137. The summed E-state index contributed by atoms with van der Waals surface area (Å²) in [6.07, 6.45) is 5.70. The van der Waals surface area contributed by atoms with Crippen molar-refractivity contribution in [3.8, 4) is 0 Å². The smallest absolute Gasteiger partial charge is 0.224 e. The first kappa shape index (κ1) is 17.9. The van der Waals surface area contributed by atoms with Crippen molar-refractivity contribution in [2.45, 2.75) is 44.9 Å². The number of halogens is 1. The predicted molar refractivity (Wildman–Crippen MR) is 94.5 cm³/mol. The molecule has 4 nitrogen and oxygen atoms in total. The van der Waals surface area contributed by atoms with Gasteiger partial charge >= 0.3 is 0 Å². The van der Waals surface area contributed by atoms with Crippen LogP contribution < -0.4 is 0 Å². The number of piperidine rings is 1. The second-order valence-electron chi connectivity index (χ2n) is 7.21. The van der Waals surface area contributed by atoms with Crippen molar-refractivity contribution >= 4 is 11.8 Å². The van der Waals surface area contributed by atoms with Gasteiger partial charge in [-0.25, -0.2) is 4.39 Å². The molecule has 2 aliphatic rings. The fourth-order valence-electron chi connectivity index (χ4n) is 3.92. The van der Waals surface area contributed by atoms with Gasteiger partial charge in [-0.15, -0.1) is 0 Å². The molecule has 25 heavy (non-hydrogen) atoms. The third kappa shape index (κ3) is 4.80. The van der Waals surface area contributed by atoms with Crippen molar-refractivity contribution in [1.29, 1.82) is 0 Å². The minimum atomic E-state index is -0.137. The Labute approximate surface area is 149 Å². The van der Waals surface area contributed by atoms with E-state index in [1.807, 2.05) is 17.0 Å². The molecule has 0 bridgehead atoms. The zero-order valence-corrected chi connectivity index (χ0v) is 14.8. The molecular formula is C20H27FN2O2. The zero-order chi connectivity index (χ0) is 17.6. The Hall–Kier alpha value is -1.91. The quantitative estimate of drug-likeness (QED) is 0.794. The van der Waals surface area contributed by atoms with E-state index in [1.165, 1.54) is 6.07 Å². The van der Waals surface area contributed by atoms with E-state index >= 15 is 0 Å². The summed E-state index contributed by atoms with van der Waals surface area (Å²) in [5, 5.41) is 0. The number of rotatable bonds is 6. The third-order valence-electron chi connectivity index (χ3n) is 5.42. The van der Waals surface area contributed by atoms with Crippen LogP contribution in [0.5, 0.6) is 0 Å². The van der Waals surface area contributed by atoms with Gasteiger partial charge < -0.3 is 9.80 Å². The summed E-state index contributed by atoms with van der Waals surface area (Å²) in [4.78, 5) is 27.8. The van der Waals surface area contributed by atoms with E-state index < -0.39 is 0 Å². The normalized spacial score (nSPS) is 21.0. The number of aryl methyl sites for hydroxylation is 1. The highest BCUT2D eigenvalue weighted by atomic mass is 19.1. The Kier molecular flexibility index (Phi) is 6.05. The predicted octanol–water partition coefficient (Wildman–Crippen LogP) is 3.01. The molecule has 0 spiro atoms. The van der Waals surface area contributed by atoms with E-state index in [9.17, 15) is 14.0 Å². The van der Waals surface area contributed by atoms with Gasteiger partial charge in [-0.1, -0.05) is 18.2 Å². The van der Waals surface area contributed by atoms with Crippen molar-refractivity contribution in [3.63, 3.8) is 0 Å². The summed E-state index contributed by atoms with van der Waals surface area (Å²) in [5.74, 6) is 0.622. The maximum absolute atomic E-state index is 13.7. The molecule has 0 saturated carbocycles. The fourth-order valence-corrected chi connectivity index (χ4v) is 3.92. The average molecular weight is 346 g/mol. The molecule has 0 aliphatic carbocycles. The molecule has 1 aromatic rings. The minimum Gasteiger partial charge on any atom is -0.342 e. The molecule has 1 atom stereocenters. The van der Waals surface area contributed by atoms with E-state index in [1.54, 1.807) is 11.0 Å². The summed E-state index contributed by atoms with van der Waals surface area (Å²) in [6, 6.07) is 6.93. The average Bonchev–Trinajstić information content (AvgIpc) is 3.04. The highest BCUT2D eigenvalue weighted by Crippen LogP contribution is 2.23. The molecule has 136 valence electrons. The van der Waals surface area contributed by atoms with Gasteiger partial charge in [-0.05, 0) is 49.7 Å². The summed E-state index contributed by atoms with van der Waals surface area (Å²) in [6.45, 7) is 2.91. The lowest BCUT2D eigenvalue weighted by Crippen LogP contribution is -2.41. The fraction of sp³-hybridized carbons (Fsp3) is 0.600. The Morgan fingerprint density at radius 2 is 2.04 bits per heavy atom. The van der Waals surface area contributed by atoms with Crippen LogP contribution in [0.25, 0.3) is 0 Å². The molecule has 2 heterocycles. The Morgan fingerprint density at radius 3 is 2.80 bits per heavy atom. The van der Waals surface area contributed by atoms with Crippen LogP contribution in [0.3, 0.4) is 0 Å². The standard InChI is InChI=1S/C20H27FN2O2/c21-18-7-2-1-6-17(18)10-9-16-5-3-13-23(15-16)20(25)11-14-22-12-4-8-19(22)24/h1-2,6-7,16H,3-5,8-15H2. The van der Waals surface area contributed by atoms with Gasteiger partial charge in [0.05, 0.1) is 0 Å². The number of amides is 2. The van der Waals surface area contributed by atoms with E-state index in [-0.39, 0.29) is 17.6 Å². The SMILES string of the molecule is O=C1CCCN1CCC(=O)N1CCCC(CCc2ccccc2F)C1. The molecule has 0 aromatic heterocycles. The summed E-state index contributed by atoms with van der Waals surface area (Å²) in [5.41, 5.74) is 0.762. The van der Waals surface area contributed by atoms with Gasteiger partial charge in [0.1, 0.15) is 5.82 Å². The summed E-state index contributed by atoms with van der Waals surface area (Å²) < 4.78 is 13.7. The number of hydrogen-bond donors (Lipinski definition) is 0. The summed E-state index contributed by atoms with van der Waals surface area (Å²) in [7, 11) is 0. The van der Waals surface area contributed by atoms with Crippen molar-refractivity contribution in [1.82, 2.24) is 9.80 Å².